The Morgan fingerprint density at radius 2 is 1.80 bits per heavy atom. The average molecular weight is 459 g/mol. The van der Waals surface area contributed by atoms with Crippen molar-refractivity contribution in [3.8, 4) is 5.75 Å². The topological polar surface area (TPSA) is 139 Å². The van der Waals surface area contributed by atoms with Crippen LogP contribution in [0.25, 0.3) is 0 Å². The minimum absolute atomic E-state index is 0.199. The SMILES string of the molecule is CCc1cc2c(cc1OS(N)(=O)=O)CCC1C2CC[C@@]2(C)C1CC[C@@H]2OS(N)(=O)=O. The minimum atomic E-state index is -4.07. The highest BCUT2D eigenvalue weighted by Gasteiger charge is 2.56. The lowest BCUT2D eigenvalue weighted by molar-refractivity contribution is -0.00803. The first kappa shape index (κ1) is 22.0. The number of nitrogens with two attached hydrogens (primary N) is 2. The van der Waals surface area contributed by atoms with Gasteiger partial charge in [-0.05, 0) is 90.9 Å². The zero-order chi connectivity index (χ0) is 21.9. The third-order valence-corrected chi connectivity index (χ3v) is 8.57. The largest absolute Gasteiger partial charge is 0.380 e. The molecule has 10 heteroatoms. The fraction of sp³-hybridized carbons (Fsp3) is 0.700. The maximum absolute atomic E-state index is 11.5. The lowest BCUT2D eigenvalue weighted by Gasteiger charge is -2.50. The molecule has 4 N–H and O–H groups in total. The number of fused-ring (bicyclic) bond motifs is 5. The first-order valence-corrected chi connectivity index (χ1v) is 13.4. The molecule has 8 nitrogen and oxygen atoms in total. The standard InChI is InChI=1S/C20H30N2O6S2/c1-3-12-10-16-13(11-18(12)27-29(21,23)24)4-5-15-14(16)8-9-20(2)17(15)6-7-19(20)28-30(22,25)26/h10-11,14-15,17,19H,3-9H2,1-2H3,(H2,21,23,24)(H2,22,25,26)/t14?,15?,17?,19-,20-/m0/s1. The van der Waals surface area contributed by atoms with E-state index in [1.54, 1.807) is 0 Å². The van der Waals surface area contributed by atoms with Gasteiger partial charge in [0.05, 0.1) is 6.10 Å². The van der Waals surface area contributed by atoms with Crippen molar-refractivity contribution in [1.82, 2.24) is 0 Å². The van der Waals surface area contributed by atoms with Crippen molar-refractivity contribution < 1.29 is 25.2 Å². The molecule has 2 saturated carbocycles. The highest BCUT2D eigenvalue weighted by molar-refractivity contribution is 7.84. The molecule has 2 fully saturated rings. The van der Waals surface area contributed by atoms with Gasteiger partial charge in [-0.1, -0.05) is 19.9 Å². The average Bonchev–Trinajstić information content (AvgIpc) is 2.94. The molecule has 1 aromatic carbocycles. The zero-order valence-corrected chi connectivity index (χ0v) is 19.0. The van der Waals surface area contributed by atoms with E-state index in [0.29, 0.717) is 36.3 Å². The second kappa shape index (κ2) is 7.44. The van der Waals surface area contributed by atoms with Crippen LogP contribution < -0.4 is 14.5 Å². The summed E-state index contributed by atoms with van der Waals surface area (Å²) in [6, 6.07) is 3.92. The molecule has 0 heterocycles. The van der Waals surface area contributed by atoms with Crippen molar-refractivity contribution >= 4 is 20.6 Å². The monoisotopic (exact) mass is 458 g/mol. The molecule has 0 bridgehead atoms. The predicted octanol–water partition coefficient (Wildman–Crippen LogP) is 2.28. The molecular weight excluding hydrogens is 428 g/mol. The Morgan fingerprint density at radius 1 is 1.07 bits per heavy atom. The summed E-state index contributed by atoms with van der Waals surface area (Å²) in [5.41, 5.74) is 3.02. The summed E-state index contributed by atoms with van der Waals surface area (Å²) in [5.74, 6) is 1.51. The molecule has 5 atom stereocenters. The normalized spacial score (nSPS) is 33.5. The van der Waals surface area contributed by atoms with E-state index in [1.807, 2.05) is 13.0 Å². The van der Waals surface area contributed by atoms with Crippen LogP contribution in [0.2, 0.25) is 0 Å². The molecule has 3 unspecified atom stereocenters. The molecule has 30 heavy (non-hydrogen) atoms. The smallest absolute Gasteiger partial charge is 0.371 e. The molecule has 0 amide bonds. The number of benzene rings is 1. The summed E-state index contributed by atoms with van der Waals surface area (Å²) in [7, 11) is -8.05. The highest BCUT2D eigenvalue weighted by Crippen LogP contribution is 2.61. The van der Waals surface area contributed by atoms with Crippen molar-refractivity contribution in [2.45, 2.75) is 70.8 Å². The van der Waals surface area contributed by atoms with Crippen molar-refractivity contribution in [3.63, 3.8) is 0 Å². The lowest BCUT2D eigenvalue weighted by Crippen LogP contribution is -2.45. The van der Waals surface area contributed by atoms with Gasteiger partial charge in [0.2, 0.25) is 0 Å². The van der Waals surface area contributed by atoms with Crippen LogP contribution in [0.3, 0.4) is 0 Å². The van der Waals surface area contributed by atoms with Gasteiger partial charge in [-0.2, -0.15) is 22.0 Å². The molecule has 168 valence electrons. The van der Waals surface area contributed by atoms with Gasteiger partial charge in [-0.25, -0.2) is 5.14 Å². The molecule has 1 aromatic rings. The summed E-state index contributed by atoms with van der Waals surface area (Å²) in [6.45, 7) is 4.11. The molecule has 3 aliphatic carbocycles. The maximum Gasteiger partial charge on any atom is 0.380 e. The Labute approximate surface area is 178 Å². The van der Waals surface area contributed by atoms with E-state index in [0.717, 1.165) is 43.2 Å². The number of hydrogen-bond donors (Lipinski definition) is 2. The predicted molar refractivity (Wildman–Crippen MR) is 112 cm³/mol. The van der Waals surface area contributed by atoms with Gasteiger partial charge in [-0.15, -0.1) is 0 Å². The molecule has 3 aliphatic rings. The third-order valence-electron chi connectivity index (χ3n) is 7.66. The summed E-state index contributed by atoms with van der Waals surface area (Å²) in [4.78, 5) is 0. The Hall–Kier alpha value is -1.20. The van der Waals surface area contributed by atoms with Crippen molar-refractivity contribution in [2.24, 2.45) is 27.5 Å². The quantitative estimate of drug-likeness (QED) is 0.694. The number of rotatable bonds is 5. The lowest BCUT2D eigenvalue weighted by atomic mass is 9.55. The summed E-state index contributed by atoms with van der Waals surface area (Å²) < 4.78 is 56.3. The second-order valence-electron chi connectivity index (χ2n) is 9.20. The van der Waals surface area contributed by atoms with Gasteiger partial charge >= 0.3 is 20.6 Å². The summed E-state index contributed by atoms with van der Waals surface area (Å²) >= 11 is 0. The fourth-order valence-electron chi connectivity index (χ4n) is 6.40. The van der Waals surface area contributed by atoms with Gasteiger partial charge in [0.1, 0.15) is 5.75 Å². The van der Waals surface area contributed by atoms with Crippen LogP contribution in [0.15, 0.2) is 12.1 Å². The van der Waals surface area contributed by atoms with Gasteiger partial charge in [0.25, 0.3) is 0 Å². The minimum Gasteiger partial charge on any atom is -0.371 e. The zero-order valence-electron chi connectivity index (χ0n) is 17.3. The fourth-order valence-corrected chi connectivity index (χ4v) is 7.44. The molecule has 0 aromatic heterocycles. The van der Waals surface area contributed by atoms with Crippen molar-refractivity contribution in [3.05, 3.63) is 28.8 Å². The van der Waals surface area contributed by atoms with Crippen LogP contribution in [-0.2, 0) is 37.6 Å². The van der Waals surface area contributed by atoms with Crippen LogP contribution >= 0.6 is 0 Å². The van der Waals surface area contributed by atoms with Gasteiger partial charge in [0.15, 0.2) is 0 Å². The van der Waals surface area contributed by atoms with Crippen molar-refractivity contribution in [2.75, 3.05) is 0 Å². The van der Waals surface area contributed by atoms with Crippen LogP contribution in [0, 0.1) is 17.3 Å². The number of hydrogen-bond acceptors (Lipinski definition) is 6. The van der Waals surface area contributed by atoms with Crippen LogP contribution in [-0.4, -0.2) is 22.9 Å². The molecule has 0 aliphatic heterocycles. The van der Waals surface area contributed by atoms with Crippen LogP contribution in [0.4, 0.5) is 0 Å². The number of aryl methyl sites for hydroxylation is 2. The van der Waals surface area contributed by atoms with Crippen LogP contribution in [0.5, 0.6) is 5.75 Å². The third kappa shape index (κ3) is 4.00. The Morgan fingerprint density at radius 3 is 2.43 bits per heavy atom. The van der Waals surface area contributed by atoms with E-state index < -0.39 is 20.6 Å². The van der Waals surface area contributed by atoms with E-state index in [1.165, 1.54) is 5.56 Å². The van der Waals surface area contributed by atoms with Gasteiger partial charge < -0.3 is 4.18 Å². The van der Waals surface area contributed by atoms with Gasteiger partial charge in [0, 0.05) is 0 Å². The second-order valence-corrected chi connectivity index (χ2v) is 11.5. The Balaban J connectivity index is 1.65. The summed E-state index contributed by atoms with van der Waals surface area (Å²) in [6.07, 6.45) is 5.52. The van der Waals surface area contributed by atoms with Crippen molar-refractivity contribution in [1.29, 1.82) is 0 Å². The molecule has 0 spiro atoms. The molecular formula is C20H30N2O6S2. The van der Waals surface area contributed by atoms with E-state index >= 15 is 0 Å². The first-order valence-electron chi connectivity index (χ1n) is 10.5. The maximum atomic E-state index is 11.5. The summed E-state index contributed by atoms with van der Waals surface area (Å²) in [5, 5.41) is 10.3. The molecule has 0 saturated heterocycles. The van der Waals surface area contributed by atoms with E-state index in [4.69, 9.17) is 18.6 Å². The first-order chi connectivity index (χ1) is 13.9. The van der Waals surface area contributed by atoms with E-state index in [-0.39, 0.29) is 11.5 Å². The van der Waals surface area contributed by atoms with Gasteiger partial charge in [-0.3, -0.25) is 4.18 Å². The highest BCUT2D eigenvalue weighted by atomic mass is 32.2. The van der Waals surface area contributed by atoms with E-state index in [2.05, 4.69) is 13.0 Å². The molecule has 0 radical (unpaired) electrons. The molecule has 4 rings (SSSR count). The Bertz CT molecular complexity index is 1060. The van der Waals surface area contributed by atoms with E-state index in [9.17, 15) is 16.8 Å². The van der Waals surface area contributed by atoms with Crippen LogP contribution in [0.1, 0.15) is 68.6 Å². The Kier molecular flexibility index (Phi) is 5.46.